The Hall–Kier alpha value is -2.13. The minimum Gasteiger partial charge on any atom is -0.297 e. The molecule has 2 heterocycles. The Morgan fingerprint density at radius 2 is 1.79 bits per heavy atom. The summed E-state index contributed by atoms with van der Waals surface area (Å²) in [6.07, 6.45) is -4.61. The molecule has 1 amide bonds. The summed E-state index contributed by atoms with van der Waals surface area (Å²) in [5, 5.41) is 0. The molecule has 3 rings (SSSR count). The first-order valence-electron chi connectivity index (χ1n) is 10.4. The lowest BCUT2D eigenvalue weighted by Gasteiger charge is -2.39. The molecule has 1 saturated heterocycles. The number of rotatable bonds is 6. The van der Waals surface area contributed by atoms with Crippen LogP contribution in [-0.2, 0) is 26.7 Å². The van der Waals surface area contributed by atoms with Gasteiger partial charge in [-0.2, -0.15) is 22.0 Å². The number of hydrogen-bond donors (Lipinski definition) is 0. The van der Waals surface area contributed by atoms with Gasteiger partial charge in [-0.3, -0.25) is 9.69 Å². The highest BCUT2D eigenvalue weighted by molar-refractivity contribution is 7.92. The molecular formula is C22H24F5N2O3PS. The van der Waals surface area contributed by atoms with Crippen LogP contribution in [0.2, 0.25) is 0 Å². The standard InChI is InChI=1S/C22H24F5N2O3PS/c1-20(2,34(31,32)17-5-3-4-14(10-17)12-21(23,24)25)15-8-9-29(19(30)11-15)18-7-6-16(13-28-18)22(26,27)33/h3-7,10,13,15H,8-9,11-12,33H2,1-2H3. The summed E-state index contributed by atoms with van der Waals surface area (Å²) in [4.78, 5) is 17.8. The lowest BCUT2D eigenvalue weighted by atomic mass is 9.85. The second-order valence-corrected chi connectivity index (χ2v) is 12.1. The minimum atomic E-state index is -4.48. The quantitative estimate of drug-likeness (QED) is 0.391. The number of nitrogens with zero attached hydrogens (tertiary/aromatic N) is 2. The summed E-state index contributed by atoms with van der Waals surface area (Å²) in [6, 6.07) is 7.23. The summed E-state index contributed by atoms with van der Waals surface area (Å²) in [6.45, 7) is 3.04. The van der Waals surface area contributed by atoms with Gasteiger partial charge in [-0.1, -0.05) is 21.4 Å². The van der Waals surface area contributed by atoms with Gasteiger partial charge in [-0.15, -0.1) is 0 Å². The fraction of sp³-hybridized carbons (Fsp3) is 0.455. The molecule has 1 fully saturated rings. The summed E-state index contributed by atoms with van der Waals surface area (Å²) in [5.41, 5.74) is -3.65. The van der Waals surface area contributed by atoms with E-state index in [0.29, 0.717) is 0 Å². The van der Waals surface area contributed by atoms with Gasteiger partial charge in [0.1, 0.15) is 5.82 Å². The zero-order valence-electron chi connectivity index (χ0n) is 18.4. The highest BCUT2D eigenvalue weighted by Gasteiger charge is 2.46. The summed E-state index contributed by atoms with van der Waals surface area (Å²) in [5.74, 6) is -0.839. The summed E-state index contributed by atoms with van der Waals surface area (Å²) in [7, 11) is -2.68. The largest absolute Gasteiger partial charge is 0.393 e. The average molecular weight is 522 g/mol. The number of hydrogen-bond acceptors (Lipinski definition) is 4. The number of aromatic nitrogens is 1. The van der Waals surface area contributed by atoms with E-state index < -0.39 is 44.7 Å². The molecule has 1 aliphatic rings. The van der Waals surface area contributed by atoms with Crippen LogP contribution in [0.25, 0.3) is 0 Å². The molecule has 2 atom stereocenters. The molecule has 2 aromatic rings. The third-order valence-corrected chi connectivity index (χ3v) is 9.05. The van der Waals surface area contributed by atoms with Gasteiger partial charge in [0.25, 0.3) is 5.66 Å². The monoisotopic (exact) mass is 522 g/mol. The molecule has 0 radical (unpaired) electrons. The first kappa shape index (κ1) is 26.5. The van der Waals surface area contributed by atoms with Gasteiger partial charge < -0.3 is 0 Å². The van der Waals surface area contributed by atoms with Crippen LogP contribution in [0.15, 0.2) is 47.5 Å². The van der Waals surface area contributed by atoms with Crippen LogP contribution >= 0.6 is 9.24 Å². The Labute approximate surface area is 196 Å². The number of piperidine rings is 1. The van der Waals surface area contributed by atoms with E-state index >= 15 is 0 Å². The number of amides is 1. The fourth-order valence-electron chi connectivity index (χ4n) is 3.99. The van der Waals surface area contributed by atoms with E-state index in [9.17, 15) is 35.2 Å². The van der Waals surface area contributed by atoms with E-state index in [2.05, 4.69) is 4.98 Å². The van der Waals surface area contributed by atoms with E-state index in [0.717, 1.165) is 18.3 Å². The van der Waals surface area contributed by atoms with Crippen molar-refractivity contribution in [2.24, 2.45) is 5.92 Å². The van der Waals surface area contributed by atoms with Crippen LogP contribution in [0.4, 0.5) is 27.8 Å². The average Bonchev–Trinajstić information content (AvgIpc) is 2.72. The normalized spacial score (nSPS) is 18.3. The third kappa shape index (κ3) is 5.57. The molecule has 34 heavy (non-hydrogen) atoms. The van der Waals surface area contributed by atoms with Gasteiger partial charge in [0.05, 0.1) is 16.1 Å². The molecule has 5 nitrogen and oxygen atoms in total. The number of halogens is 5. The lowest BCUT2D eigenvalue weighted by Crippen LogP contribution is -2.48. The fourth-order valence-corrected chi connectivity index (χ4v) is 5.97. The molecule has 0 N–H and O–H groups in total. The van der Waals surface area contributed by atoms with Crippen LogP contribution in [-0.4, -0.2) is 36.8 Å². The van der Waals surface area contributed by atoms with Crippen molar-refractivity contribution in [2.45, 2.75) is 54.6 Å². The highest BCUT2D eigenvalue weighted by atomic mass is 32.2. The van der Waals surface area contributed by atoms with Crippen LogP contribution in [0.1, 0.15) is 37.8 Å². The van der Waals surface area contributed by atoms with Crippen molar-refractivity contribution in [1.82, 2.24) is 4.98 Å². The lowest BCUT2D eigenvalue weighted by molar-refractivity contribution is -0.127. The van der Waals surface area contributed by atoms with E-state index in [4.69, 9.17) is 0 Å². The molecular weight excluding hydrogens is 498 g/mol. The van der Waals surface area contributed by atoms with Gasteiger partial charge >= 0.3 is 6.18 Å². The van der Waals surface area contributed by atoms with Crippen molar-refractivity contribution in [3.05, 3.63) is 53.7 Å². The van der Waals surface area contributed by atoms with Crippen molar-refractivity contribution in [3.8, 4) is 0 Å². The topological polar surface area (TPSA) is 67.3 Å². The van der Waals surface area contributed by atoms with E-state index in [1.807, 2.05) is 0 Å². The number of sulfone groups is 1. The molecule has 0 aliphatic carbocycles. The minimum absolute atomic E-state index is 0.125. The number of carbonyl (C=O) groups is 1. The Morgan fingerprint density at radius 3 is 2.32 bits per heavy atom. The first-order valence-corrected chi connectivity index (χ1v) is 12.4. The van der Waals surface area contributed by atoms with Crippen molar-refractivity contribution in [3.63, 3.8) is 0 Å². The van der Waals surface area contributed by atoms with Crippen LogP contribution in [0, 0.1) is 5.92 Å². The van der Waals surface area contributed by atoms with Crippen LogP contribution < -0.4 is 4.90 Å². The number of pyridine rings is 1. The molecule has 0 bridgehead atoms. The molecule has 1 aromatic heterocycles. The maximum absolute atomic E-state index is 13.4. The number of benzene rings is 1. The van der Waals surface area contributed by atoms with Gasteiger partial charge in [0, 0.05) is 24.7 Å². The van der Waals surface area contributed by atoms with Gasteiger partial charge in [-0.25, -0.2) is 13.4 Å². The predicted molar refractivity (Wildman–Crippen MR) is 120 cm³/mol. The Morgan fingerprint density at radius 1 is 1.12 bits per heavy atom. The predicted octanol–water partition coefficient (Wildman–Crippen LogP) is 5.11. The number of carbonyl (C=O) groups excluding carboxylic acids is 1. The van der Waals surface area contributed by atoms with Crippen molar-refractivity contribution in [2.75, 3.05) is 11.4 Å². The smallest absolute Gasteiger partial charge is 0.297 e. The van der Waals surface area contributed by atoms with Crippen LogP contribution in [0.5, 0.6) is 0 Å². The van der Waals surface area contributed by atoms with Crippen molar-refractivity contribution >= 4 is 30.8 Å². The SMILES string of the molecule is CC(C)(C1CCN(c2ccc(C(F)(F)P)cn2)C(=O)C1)S(=O)(=O)c1cccc(CC(F)(F)F)c1. The maximum Gasteiger partial charge on any atom is 0.393 e. The van der Waals surface area contributed by atoms with E-state index in [-0.39, 0.29) is 41.2 Å². The molecule has 12 heteroatoms. The molecule has 1 aliphatic heterocycles. The van der Waals surface area contributed by atoms with E-state index in [1.54, 1.807) is 0 Å². The zero-order valence-corrected chi connectivity index (χ0v) is 20.4. The van der Waals surface area contributed by atoms with E-state index in [1.165, 1.54) is 52.3 Å². The van der Waals surface area contributed by atoms with Crippen LogP contribution in [0.3, 0.4) is 0 Å². The Bertz CT molecular complexity index is 1160. The first-order chi connectivity index (χ1) is 15.5. The molecule has 1 aromatic carbocycles. The second-order valence-electron chi connectivity index (χ2n) is 8.81. The van der Waals surface area contributed by atoms with Crippen molar-refractivity contribution in [1.29, 1.82) is 0 Å². The third-order valence-electron chi connectivity index (χ3n) is 6.12. The molecule has 2 unspecified atom stereocenters. The highest BCUT2D eigenvalue weighted by Crippen LogP contribution is 2.40. The maximum atomic E-state index is 13.4. The number of anilines is 1. The molecule has 186 valence electrons. The van der Waals surface area contributed by atoms with Gasteiger partial charge in [0.15, 0.2) is 9.84 Å². The molecule has 0 spiro atoms. The summed E-state index contributed by atoms with van der Waals surface area (Å²) < 4.78 is 90.3. The Kier molecular flexibility index (Phi) is 7.12. The zero-order chi connectivity index (χ0) is 25.5. The second kappa shape index (κ2) is 9.15. The summed E-state index contributed by atoms with van der Waals surface area (Å²) >= 11 is 0. The number of alkyl halides is 5. The van der Waals surface area contributed by atoms with Gasteiger partial charge in [0.2, 0.25) is 5.91 Å². The van der Waals surface area contributed by atoms with Crippen molar-refractivity contribution < 1.29 is 35.2 Å². The van der Waals surface area contributed by atoms with Gasteiger partial charge in [-0.05, 0) is 56.0 Å². The Balaban J connectivity index is 1.79. The molecule has 0 saturated carbocycles.